The van der Waals surface area contributed by atoms with Crippen LogP contribution in [0.15, 0.2) is 24.3 Å². The molecular formula is C11H11BrN2O5. The fourth-order valence-corrected chi connectivity index (χ4v) is 1.96. The van der Waals surface area contributed by atoms with Gasteiger partial charge in [-0.1, -0.05) is 15.9 Å². The van der Waals surface area contributed by atoms with Gasteiger partial charge >= 0.3 is 6.09 Å². The van der Waals surface area contributed by atoms with Crippen molar-refractivity contribution >= 4 is 39.2 Å². The van der Waals surface area contributed by atoms with Crippen molar-refractivity contribution in [2.75, 3.05) is 10.2 Å². The average Bonchev–Trinajstić information content (AvgIpc) is 2.38. The molecule has 1 aromatic carbocycles. The Morgan fingerprint density at radius 3 is 2.32 bits per heavy atom. The highest BCUT2D eigenvalue weighted by atomic mass is 79.9. The molecule has 0 heterocycles. The lowest BCUT2D eigenvalue weighted by molar-refractivity contribution is -0.384. The summed E-state index contributed by atoms with van der Waals surface area (Å²) in [6, 6.07) is 4.10. The Morgan fingerprint density at radius 2 is 1.95 bits per heavy atom. The molecule has 0 aliphatic carbocycles. The molecule has 1 aromatic rings. The monoisotopic (exact) mass is 330 g/mol. The predicted octanol–water partition coefficient (Wildman–Crippen LogP) is 2.43. The summed E-state index contributed by atoms with van der Waals surface area (Å²) in [6.07, 6.45) is -1.30. The average molecular weight is 331 g/mol. The number of anilines is 1. The van der Waals surface area contributed by atoms with Crippen molar-refractivity contribution in [1.29, 1.82) is 0 Å². The number of rotatable bonds is 5. The third-order valence-corrected chi connectivity index (χ3v) is 3.08. The van der Waals surface area contributed by atoms with E-state index >= 15 is 0 Å². The van der Waals surface area contributed by atoms with Crippen LogP contribution in [0, 0.1) is 10.1 Å². The van der Waals surface area contributed by atoms with E-state index in [1.807, 2.05) is 0 Å². The van der Waals surface area contributed by atoms with E-state index in [0.717, 1.165) is 4.90 Å². The van der Waals surface area contributed by atoms with Crippen LogP contribution in [0.25, 0.3) is 0 Å². The van der Waals surface area contributed by atoms with Crippen LogP contribution in [0.5, 0.6) is 0 Å². The number of nitrogens with zero attached hydrogens (tertiary/aromatic N) is 2. The van der Waals surface area contributed by atoms with Gasteiger partial charge in [0.2, 0.25) is 0 Å². The Hall–Kier alpha value is -1.96. The molecule has 0 aromatic heterocycles. The maximum atomic E-state index is 11.5. The van der Waals surface area contributed by atoms with Gasteiger partial charge in [-0.3, -0.25) is 19.8 Å². The molecule has 0 saturated heterocycles. The minimum Gasteiger partial charge on any atom is -0.465 e. The number of nitro benzene ring substituents is 1. The van der Waals surface area contributed by atoms with Gasteiger partial charge in [0.15, 0.2) is 5.78 Å². The molecule has 0 aliphatic heterocycles. The van der Waals surface area contributed by atoms with Gasteiger partial charge in [-0.05, 0) is 19.1 Å². The smallest absolute Gasteiger partial charge is 0.412 e. The van der Waals surface area contributed by atoms with E-state index in [0.29, 0.717) is 0 Å². The molecular weight excluding hydrogens is 320 g/mol. The third-order valence-electron chi connectivity index (χ3n) is 2.53. The quantitative estimate of drug-likeness (QED) is 0.507. The van der Waals surface area contributed by atoms with E-state index in [2.05, 4.69) is 15.9 Å². The van der Waals surface area contributed by atoms with Gasteiger partial charge in [0.1, 0.15) is 0 Å². The topological polar surface area (TPSA) is 101 Å². The van der Waals surface area contributed by atoms with E-state index < -0.39 is 17.1 Å². The number of carbonyl (C=O) groups excluding carboxylic acids is 1. The molecule has 0 saturated carbocycles. The molecule has 0 fully saturated rings. The van der Waals surface area contributed by atoms with Crippen molar-refractivity contribution in [3.63, 3.8) is 0 Å². The normalized spacial score (nSPS) is 11.7. The maximum Gasteiger partial charge on any atom is 0.412 e. The third kappa shape index (κ3) is 3.50. The zero-order chi connectivity index (χ0) is 14.6. The molecule has 1 rings (SSSR count). The van der Waals surface area contributed by atoms with Gasteiger partial charge in [-0.2, -0.15) is 0 Å². The largest absolute Gasteiger partial charge is 0.465 e. The van der Waals surface area contributed by atoms with Gasteiger partial charge in [-0.15, -0.1) is 0 Å². The van der Waals surface area contributed by atoms with Gasteiger partial charge < -0.3 is 5.11 Å². The van der Waals surface area contributed by atoms with Crippen LogP contribution in [0.4, 0.5) is 16.2 Å². The number of non-ortho nitro benzene ring substituents is 1. The Labute approximate surface area is 117 Å². The summed E-state index contributed by atoms with van der Waals surface area (Å²) >= 11 is 2.98. The molecule has 1 atom stereocenters. The van der Waals surface area contributed by atoms with Crippen LogP contribution in [-0.4, -0.2) is 33.3 Å². The van der Waals surface area contributed by atoms with Crippen LogP contribution in [0.3, 0.4) is 0 Å². The summed E-state index contributed by atoms with van der Waals surface area (Å²) in [6.45, 7) is 1.46. The van der Waals surface area contributed by atoms with Crippen LogP contribution in [0.1, 0.15) is 6.92 Å². The van der Waals surface area contributed by atoms with Crippen LogP contribution in [-0.2, 0) is 4.79 Å². The lowest BCUT2D eigenvalue weighted by Crippen LogP contribution is -2.43. The first-order valence-corrected chi connectivity index (χ1v) is 6.36. The molecule has 0 bridgehead atoms. The van der Waals surface area contributed by atoms with E-state index in [1.54, 1.807) is 0 Å². The molecule has 1 amide bonds. The maximum absolute atomic E-state index is 11.5. The summed E-state index contributed by atoms with van der Waals surface area (Å²) in [5.74, 6) is -0.305. The second kappa shape index (κ2) is 6.28. The van der Waals surface area contributed by atoms with Crippen molar-refractivity contribution < 1.29 is 19.6 Å². The number of alkyl halides is 1. The number of ketones is 1. The SMILES string of the molecule is CC(C(=O)CBr)N(C(=O)O)c1ccc([N+](=O)[O-])cc1. The first-order chi connectivity index (χ1) is 8.88. The van der Waals surface area contributed by atoms with E-state index in [4.69, 9.17) is 5.11 Å². The van der Waals surface area contributed by atoms with Crippen molar-refractivity contribution in [3.05, 3.63) is 34.4 Å². The lowest BCUT2D eigenvalue weighted by Gasteiger charge is -2.24. The van der Waals surface area contributed by atoms with Crippen LogP contribution >= 0.6 is 15.9 Å². The van der Waals surface area contributed by atoms with Gasteiger partial charge in [-0.25, -0.2) is 4.79 Å². The molecule has 8 heteroatoms. The highest BCUT2D eigenvalue weighted by Crippen LogP contribution is 2.22. The van der Waals surface area contributed by atoms with Crippen LogP contribution in [0.2, 0.25) is 0 Å². The standard InChI is InChI=1S/C11H11BrN2O5/c1-7(10(15)6-12)13(11(16)17)8-2-4-9(5-3-8)14(18)19/h2-5,7H,6H2,1H3,(H,16,17). The molecule has 1 unspecified atom stereocenters. The number of nitro groups is 1. The Morgan fingerprint density at radius 1 is 1.42 bits per heavy atom. The summed E-state index contributed by atoms with van der Waals surface area (Å²) in [5.41, 5.74) is 0.0634. The number of carbonyl (C=O) groups is 2. The van der Waals surface area contributed by atoms with E-state index in [1.165, 1.54) is 31.2 Å². The molecule has 102 valence electrons. The number of benzene rings is 1. The minimum absolute atomic E-state index is 0.0327. The lowest BCUT2D eigenvalue weighted by atomic mass is 10.1. The minimum atomic E-state index is -1.30. The Balaban J connectivity index is 3.09. The molecule has 0 radical (unpaired) electrons. The first kappa shape index (κ1) is 15.1. The fraction of sp³-hybridized carbons (Fsp3) is 0.273. The summed E-state index contributed by atoms with van der Waals surface area (Å²) < 4.78 is 0. The molecule has 0 spiro atoms. The number of hydrogen-bond donors (Lipinski definition) is 1. The highest BCUT2D eigenvalue weighted by Gasteiger charge is 2.26. The Kier molecular flexibility index (Phi) is 4.99. The molecule has 7 nitrogen and oxygen atoms in total. The Bertz CT molecular complexity index is 502. The van der Waals surface area contributed by atoms with Crippen molar-refractivity contribution in [3.8, 4) is 0 Å². The predicted molar refractivity (Wildman–Crippen MR) is 71.9 cm³/mol. The number of amides is 1. The van der Waals surface area contributed by atoms with Crippen LogP contribution < -0.4 is 4.90 Å². The fourth-order valence-electron chi connectivity index (χ4n) is 1.49. The second-order valence-electron chi connectivity index (χ2n) is 3.70. The van der Waals surface area contributed by atoms with Gasteiger partial charge in [0, 0.05) is 17.8 Å². The summed E-state index contributed by atoms with van der Waals surface area (Å²) in [4.78, 5) is 33.6. The van der Waals surface area contributed by atoms with Crippen molar-refractivity contribution in [2.24, 2.45) is 0 Å². The van der Waals surface area contributed by atoms with Gasteiger partial charge in [0.25, 0.3) is 5.69 Å². The molecule has 1 N–H and O–H groups in total. The van der Waals surface area contributed by atoms with Gasteiger partial charge in [0.05, 0.1) is 16.3 Å². The van der Waals surface area contributed by atoms with Crippen molar-refractivity contribution in [2.45, 2.75) is 13.0 Å². The van der Waals surface area contributed by atoms with E-state index in [9.17, 15) is 19.7 Å². The first-order valence-electron chi connectivity index (χ1n) is 5.23. The zero-order valence-electron chi connectivity index (χ0n) is 9.95. The molecule has 0 aliphatic rings. The highest BCUT2D eigenvalue weighted by molar-refractivity contribution is 9.09. The van der Waals surface area contributed by atoms with Crippen molar-refractivity contribution in [1.82, 2.24) is 0 Å². The number of halogens is 1. The summed E-state index contributed by atoms with van der Waals surface area (Å²) in [5, 5.41) is 19.7. The number of Topliss-reactive ketones (excluding diaryl/α,β-unsaturated/α-hetero) is 1. The number of hydrogen-bond acceptors (Lipinski definition) is 4. The summed E-state index contributed by atoms with van der Waals surface area (Å²) in [7, 11) is 0. The second-order valence-corrected chi connectivity index (χ2v) is 4.26. The zero-order valence-corrected chi connectivity index (χ0v) is 11.5. The number of carboxylic acid groups (broad SMARTS) is 1. The molecule has 19 heavy (non-hydrogen) atoms. The van der Waals surface area contributed by atoms with E-state index in [-0.39, 0.29) is 22.5 Å².